The molecule has 1 fully saturated rings. The van der Waals surface area contributed by atoms with E-state index in [9.17, 15) is 9.59 Å². The molecule has 5 nitrogen and oxygen atoms in total. The second kappa shape index (κ2) is 5.20. The van der Waals surface area contributed by atoms with Gasteiger partial charge in [0.1, 0.15) is 16.8 Å². The van der Waals surface area contributed by atoms with E-state index in [0.29, 0.717) is 30.6 Å². The number of methoxy groups -OCH3 is 2. The van der Waals surface area contributed by atoms with Gasteiger partial charge in [0.15, 0.2) is 0 Å². The van der Waals surface area contributed by atoms with E-state index in [1.54, 1.807) is 0 Å². The molecule has 0 unspecified atom stereocenters. The van der Waals surface area contributed by atoms with Gasteiger partial charge in [0.2, 0.25) is 0 Å². The summed E-state index contributed by atoms with van der Waals surface area (Å²) in [5.41, 5.74) is -0.312. The summed E-state index contributed by atoms with van der Waals surface area (Å²) in [5.74, 6) is -0.384. The van der Waals surface area contributed by atoms with Crippen molar-refractivity contribution in [3.63, 3.8) is 0 Å². The zero-order valence-corrected chi connectivity index (χ0v) is 13.1. The molecule has 0 N–H and O–H groups in total. The van der Waals surface area contributed by atoms with Crippen LogP contribution in [0.5, 0.6) is 0 Å². The molecule has 21 heavy (non-hydrogen) atoms. The highest BCUT2D eigenvalue weighted by atomic mass is 16.5. The van der Waals surface area contributed by atoms with E-state index < -0.39 is 17.0 Å². The predicted molar refractivity (Wildman–Crippen MR) is 76.3 cm³/mol. The minimum atomic E-state index is -0.899. The van der Waals surface area contributed by atoms with E-state index in [1.807, 2.05) is 13.8 Å². The van der Waals surface area contributed by atoms with Gasteiger partial charge in [-0.2, -0.15) is 0 Å². The van der Waals surface area contributed by atoms with Gasteiger partial charge in [0.25, 0.3) is 0 Å². The Bertz CT molecular complexity index is 533. The van der Waals surface area contributed by atoms with E-state index >= 15 is 0 Å². The Kier molecular flexibility index (Phi) is 3.87. The van der Waals surface area contributed by atoms with Crippen molar-refractivity contribution >= 4 is 11.9 Å². The number of hydrogen-bond acceptors (Lipinski definition) is 5. The van der Waals surface area contributed by atoms with Crippen LogP contribution in [-0.2, 0) is 23.8 Å². The number of hydrogen-bond donors (Lipinski definition) is 0. The molecular formula is C16H22O5. The fraction of sp³-hybridized carbons (Fsp3) is 0.625. The maximum absolute atomic E-state index is 12.4. The summed E-state index contributed by atoms with van der Waals surface area (Å²) in [4.78, 5) is 24.4. The smallest absolute Gasteiger partial charge is 0.337 e. The van der Waals surface area contributed by atoms with Crippen molar-refractivity contribution in [3.05, 3.63) is 23.5 Å². The van der Waals surface area contributed by atoms with E-state index in [2.05, 4.69) is 6.58 Å². The normalized spacial score (nSPS) is 31.2. The first-order chi connectivity index (χ1) is 9.80. The molecule has 1 aliphatic heterocycles. The van der Waals surface area contributed by atoms with Gasteiger partial charge in [0, 0.05) is 6.42 Å². The molecule has 5 heteroatoms. The third-order valence-corrected chi connectivity index (χ3v) is 4.62. The second-order valence-electron chi connectivity index (χ2n) is 6.02. The highest BCUT2D eigenvalue weighted by Gasteiger charge is 2.59. The van der Waals surface area contributed by atoms with Crippen LogP contribution >= 0.6 is 0 Å². The molecule has 116 valence electrons. The van der Waals surface area contributed by atoms with Crippen molar-refractivity contribution in [3.8, 4) is 0 Å². The average Bonchev–Trinajstić information content (AvgIpc) is 2.80. The van der Waals surface area contributed by atoms with Gasteiger partial charge in [-0.25, -0.2) is 4.79 Å². The predicted octanol–water partition coefficient (Wildman–Crippen LogP) is 2.51. The number of esters is 2. The summed E-state index contributed by atoms with van der Waals surface area (Å²) in [5, 5.41) is 0. The molecule has 0 aromatic rings. The molecule has 0 aromatic heterocycles. The van der Waals surface area contributed by atoms with E-state index in [4.69, 9.17) is 14.2 Å². The third kappa shape index (κ3) is 2.24. The lowest BCUT2D eigenvalue weighted by Gasteiger charge is -2.30. The van der Waals surface area contributed by atoms with Gasteiger partial charge >= 0.3 is 11.9 Å². The van der Waals surface area contributed by atoms with E-state index in [1.165, 1.54) is 14.2 Å². The summed E-state index contributed by atoms with van der Waals surface area (Å²) in [6.07, 6.45) is 2.32. The number of carbonyl (C=O) groups excluding carboxylic acids is 2. The Morgan fingerprint density at radius 2 is 1.95 bits per heavy atom. The van der Waals surface area contributed by atoms with Gasteiger partial charge in [-0.3, -0.25) is 4.79 Å². The van der Waals surface area contributed by atoms with Crippen molar-refractivity contribution in [2.24, 2.45) is 5.41 Å². The van der Waals surface area contributed by atoms with Gasteiger partial charge in [-0.15, -0.1) is 0 Å². The summed E-state index contributed by atoms with van der Waals surface area (Å²) in [6.45, 7) is 7.71. The van der Waals surface area contributed by atoms with Crippen LogP contribution < -0.4 is 0 Å². The fourth-order valence-corrected chi connectivity index (χ4v) is 3.27. The molecular weight excluding hydrogens is 272 g/mol. The topological polar surface area (TPSA) is 61.8 Å². The quantitative estimate of drug-likeness (QED) is 0.591. The van der Waals surface area contributed by atoms with Crippen LogP contribution in [0.3, 0.4) is 0 Å². The lowest BCUT2D eigenvalue weighted by atomic mass is 9.70. The first-order valence-corrected chi connectivity index (χ1v) is 7.06. The Morgan fingerprint density at radius 3 is 2.48 bits per heavy atom. The number of ether oxygens (including phenoxy) is 3. The molecule has 2 rings (SSSR count). The molecule has 0 spiro atoms. The van der Waals surface area contributed by atoms with Gasteiger partial charge in [-0.05, 0) is 38.7 Å². The van der Waals surface area contributed by atoms with Crippen LogP contribution in [0.2, 0.25) is 0 Å². The minimum Gasteiger partial charge on any atom is -0.486 e. The number of carbonyl (C=O) groups is 2. The molecule has 1 heterocycles. The average molecular weight is 294 g/mol. The van der Waals surface area contributed by atoms with Crippen LogP contribution in [-0.4, -0.2) is 31.8 Å². The maximum atomic E-state index is 12.4. The Morgan fingerprint density at radius 1 is 1.29 bits per heavy atom. The molecule has 1 saturated heterocycles. The SMILES string of the molecule is C=C(C)[C@@]1(C)C[C@@]2(C(=O)OC)CCCC(C(=O)OC)=C2O1. The standard InChI is InChI=1S/C16H22O5/c1-10(2)15(3)9-16(14(18)20-5)8-6-7-11(12(16)21-15)13(17)19-4/h1,6-9H2,2-5H3/t15-,16+/m1/s1. The molecule has 2 atom stereocenters. The van der Waals surface area contributed by atoms with Gasteiger partial charge in [-0.1, -0.05) is 6.58 Å². The zero-order valence-electron chi connectivity index (χ0n) is 13.1. The first-order valence-electron chi connectivity index (χ1n) is 7.06. The van der Waals surface area contributed by atoms with Crippen molar-refractivity contribution in [2.75, 3.05) is 14.2 Å². The highest BCUT2D eigenvalue weighted by molar-refractivity contribution is 5.92. The Hall–Kier alpha value is -1.78. The molecule has 1 aliphatic carbocycles. The zero-order chi connectivity index (χ0) is 15.8. The monoisotopic (exact) mass is 294 g/mol. The molecule has 0 aromatic carbocycles. The van der Waals surface area contributed by atoms with Crippen LogP contribution in [0, 0.1) is 5.41 Å². The Balaban J connectivity index is 2.60. The number of fused-ring (bicyclic) bond motifs is 1. The minimum absolute atomic E-state index is 0.358. The van der Waals surface area contributed by atoms with Crippen molar-refractivity contribution in [1.82, 2.24) is 0 Å². The van der Waals surface area contributed by atoms with Gasteiger partial charge in [0.05, 0.1) is 19.8 Å². The molecule has 0 amide bonds. The Labute approximate surface area is 124 Å². The first kappa shape index (κ1) is 15.6. The molecule has 0 bridgehead atoms. The summed E-state index contributed by atoms with van der Waals surface area (Å²) >= 11 is 0. The van der Waals surface area contributed by atoms with Crippen molar-refractivity contribution < 1.29 is 23.8 Å². The molecule has 0 radical (unpaired) electrons. The summed E-state index contributed by atoms with van der Waals surface area (Å²) in [7, 11) is 2.69. The lowest BCUT2D eigenvalue weighted by Crippen LogP contribution is -2.36. The fourth-order valence-electron chi connectivity index (χ4n) is 3.27. The maximum Gasteiger partial charge on any atom is 0.337 e. The van der Waals surface area contributed by atoms with Gasteiger partial charge < -0.3 is 14.2 Å². The molecule has 2 aliphatic rings. The number of rotatable bonds is 3. The van der Waals surface area contributed by atoms with Crippen LogP contribution in [0.4, 0.5) is 0 Å². The second-order valence-corrected chi connectivity index (χ2v) is 6.02. The largest absolute Gasteiger partial charge is 0.486 e. The van der Waals surface area contributed by atoms with E-state index in [-0.39, 0.29) is 5.97 Å². The van der Waals surface area contributed by atoms with Crippen LogP contribution in [0.25, 0.3) is 0 Å². The van der Waals surface area contributed by atoms with Crippen molar-refractivity contribution in [2.45, 2.75) is 45.1 Å². The lowest BCUT2D eigenvalue weighted by molar-refractivity contribution is -0.151. The summed E-state index contributed by atoms with van der Waals surface area (Å²) in [6, 6.07) is 0. The third-order valence-electron chi connectivity index (χ3n) is 4.62. The van der Waals surface area contributed by atoms with Crippen molar-refractivity contribution in [1.29, 1.82) is 0 Å². The highest BCUT2D eigenvalue weighted by Crippen LogP contribution is 2.56. The molecule has 0 saturated carbocycles. The van der Waals surface area contributed by atoms with Crippen LogP contribution in [0.15, 0.2) is 23.5 Å². The van der Waals surface area contributed by atoms with E-state index in [0.717, 1.165) is 12.0 Å². The summed E-state index contributed by atoms with van der Waals surface area (Å²) < 4.78 is 15.9. The van der Waals surface area contributed by atoms with Crippen LogP contribution in [0.1, 0.15) is 39.5 Å².